The molecule has 1 aromatic rings. The second kappa shape index (κ2) is 4.94. The van der Waals surface area contributed by atoms with E-state index in [2.05, 4.69) is 31.9 Å². The summed E-state index contributed by atoms with van der Waals surface area (Å²) in [4.78, 5) is 10.9. The molecule has 0 saturated carbocycles. The van der Waals surface area contributed by atoms with E-state index in [1.54, 1.807) is 13.0 Å². The Labute approximate surface area is 100 Å². The second-order valence-corrected chi connectivity index (χ2v) is 4.50. The molecule has 0 saturated heterocycles. The SMILES string of the molecule is CC(=O)C(Br)c1c(N)cccc1CBr. The first-order valence-corrected chi connectivity index (χ1v) is 6.19. The summed E-state index contributed by atoms with van der Waals surface area (Å²) in [7, 11) is 0. The van der Waals surface area contributed by atoms with Gasteiger partial charge in [-0.05, 0) is 18.6 Å². The van der Waals surface area contributed by atoms with E-state index in [1.165, 1.54) is 0 Å². The molecule has 76 valence electrons. The Morgan fingerprint density at radius 1 is 1.57 bits per heavy atom. The van der Waals surface area contributed by atoms with Crippen molar-refractivity contribution in [2.75, 3.05) is 5.73 Å². The van der Waals surface area contributed by atoms with Gasteiger partial charge in [0, 0.05) is 16.6 Å². The van der Waals surface area contributed by atoms with Crippen LogP contribution in [0.5, 0.6) is 0 Å². The molecule has 0 heterocycles. The van der Waals surface area contributed by atoms with Crippen LogP contribution in [0, 0.1) is 0 Å². The van der Waals surface area contributed by atoms with Gasteiger partial charge in [0.1, 0.15) is 5.78 Å². The molecule has 0 aromatic heterocycles. The smallest absolute Gasteiger partial charge is 0.147 e. The molecule has 0 aliphatic rings. The molecule has 0 aliphatic carbocycles. The first kappa shape index (κ1) is 11.7. The Morgan fingerprint density at radius 3 is 2.71 bits per heavy atom. The van der Waals surface area contributed by atoms with Crippen LogP contribution in [0.3, 0.4) is 0 Å². The molecule has 1 atom stereocenters. The monoisotopic (exact) mass is 319 g/mol. The molecule has 2 N–H and O–H groups in total. The number of anilines is 1. The number of hydrogen-bond donors (Lipinski definition) is 1. The molecule has 0 aliphatic heterocycles. The molecule has 0 amide bonds. The molecular weight excluding hydrogens is 310 g/mol. The van der Waals surface area contributed by atoms with Gasteiger partial charge in [-0.2, -0.15) is 0 Å². The fourth-order valence-corrected chi connectivity index (χ4v) is 2.31. The van der Waals surface area contributed by atoms with Gasteiger partial charge in [-0.1, -0.05) is 44.0 Å². The van der Waals surface area contributed by atoms with E-state index in [-0.39, 0.29) is 10.6 Å². The van der Waals surface area contributed by atoms with Crippen molar-refractivity contribution in [2.45, 2.75) is 17.1 Å². The average molecular weight is 321 g/mol. The minimum atomic E-state index is -0.309. The Hall–Kier alpha value is -0.350. The summed E-state index contributed by atoms with van der Waals surface area (Å²) in [5, 5.41) is 0.697. The van der Waals surface area contributed by atoms with Crippen LogP contribution < -0.4 is 5.73 Å². The summed E-state index contributed by atoms with van der Waals surface area (Å²) < 4.78 is 0. The molecule has 0 bridgehead atoms. The van der Waals surface area contributed by atoms with Gasteiger partial charge in [-0.3, -0.25) is 4.79 Å². The predicted molar refractivity (Wildman–Crippen MR) is 65.8 cm³/mol. The van der Waals surface area contributed by atoms with Gasteiger partial charge < -0.3 is 5.73 Å². The number of nitrogen functional groups attached to an aromatic ring is 1. The van der Waals surface area contributed by atoms with E-state index in [0.717, 1.165) is 11.1 Å². The quantitative estimate of drug-likeness (QED) is 0.686. The van der Waals surface area contributed by atoms with Gasteiger partial charge in [0.25, 0.3) is 0 Å². The number of nitrogens with two attached hydrogens (primary N) is 1. The summed E-state index contributed by atoms with van der Waals surface area (Å²) in [5.74, 6) is 0.0603. The van der Waals surface area contributed by atoms with Crippen molar-refractivity contribution in [1.29, 1.82) is 0 Å². The first-order chi connectivity index (χ1) is 6.57. The first-order valence-electron chi connectivity index (χ1n) is 4.15. The lowest BCUT2D eigenvalue weighted by molar-refractivity contribution is -0.116. The lowest BCUT2D eigenvalue weighted by Gasteiger charge is -2.13. The molecule has 0 fully saturated rings. The van der Waals surface area contributed by atoms with Crippen molar-refractivity contribution in [3.8, 4) is 0 Å². The van der Waals surface area contributed by atoms with Crippen LogP contribution >= 0.6 is 31.9 Å². The number of halogens is 2. The number of hydrogen-bond acceptors (Lipinski definition) is 2. The summed E-state index contributed by atoms with van der Waals surface area (Å²) in [6.45, 7) is 1.55. The van der Waals surface area contributed by atoms with E-state index in [4.69, 9.17) is 5.73 Å². The van der Waals surface area contributed by atoms with Crippen molar-refractivity contribution in [3.63, 3.8) is 0 Å². The van der Waals surface area contributed by atoms with Crippen LogP contribution in [-0.4, -0.2) is 5.78 Å². The van der Waals surface area contributed by atoms with Crippen LogP contribution in [0.2, 0.25) is 0 Å². The van der Waals surface area contributed by atoms with Crippen molar-refractivity contribution in [2.24, 2.45) is 0 Å². The standard InChI is InChI=1S/C10H11Br2NO/c1-6(14)10(12)9-7(5-11)3-2-4-8(9)13/h2-4,10H,5,13H2,1H3. The third kappa shape index (κ3) is 2.36. The summed E-state index contributed by atoms with van der Waals surface area (Å²) in [5.41, 5.74) is 8.40. The van der Waals surface area contributed by atoms with Gasteiger partial charge >= 0.3 is 0 Å². The van der Waals surface area contributed by atoms with Gasteiger partial charge in [-0.15, -0.1) is 0 Å². The third-order valence-corrected chi connectivity index (χ3v) is 3.69. The van der Waals surface area contributed by atoms with Crippen LogP contribution in [0.4, 0.5) is 5.69 Å². The highest BCUT2D eigenvalue weighted by molar-refractivity contribution is 9.09. The van der Waals surface area contributed by atoms with E-state index >= 15 is 0 Å². The normalized spacial score (nSPS) is 12.5. The number of benzene rings is 1. The Bertz CT molecular complexity index is 352. The Kier molecular flexibility index (Phi) is 4.13. The maximum Gasteiger partial charge on any atom is 0.147 e. The Morgan fingerprint density at radius 2 is 2.21 bits per heavy atom. The number of Topliss-reactive ketones (excluding diaryl/α,β-unsaturated/α-hetero) is 1. The van der Waals surface area contributed by atoms with E-state index in [1.807, 2.05) is 12.1 Å². The summed E-state index contributed by atoms with van der Waals surface area (Å²) in [6.07, 6.45) is 0. The van der Waals surface area contributed by atoms with Crippen molar-refractivity contribution in [1.82, 2.24) is 0 Å². The predicted octanol–water partition coefficient (Wildman–Crippen LogP) is 3.19. The molecule has 0 radical (unpaired) electrons. The largest absolute Gasteiger partial charge is 0.398 e. The van der Waals surface area contributed by atoms with Gasteiger partial charge in [0.2, 0.25) is 0 Å². The fraction of sp³-hybridized carbons (Fsp3) is 0.300. The zero-order valence-corrected chi connectivity index (χ0v) is 10.9. The maximum absolute atomic E-state index is 11.2. The summed E-state index contributed by atoms with van der Waals surface area (Å²) >= 11 is 6.71. The minimum absolute atomic E-state index is 0.0603. The van der Waals surface area contributed by atoms with Gasteiger partial charge in [0.05, 0.1) is 4.83 Å². The second-order valence-electron chi connectivity index (χ2n) is 3.03. The number of alkyl halides is 2. The molecule has 14 heavy (non-hydrogen) atoms. The maximum atomic E-state index is 11.2. The number of carbonyl (C=O) groups is 1. The minimum Gasteiger partial charge on any atom is -0.398 e. The van der Waals surface area contributed by atoms with Crippen molar-refractivity contribution < 1.29 is 4.79 Å². The van der Waals surface area contributed by atoms with Gasteiger partial charge in [0.15, 0.2) is 0 Å². The summed E-state index contributed by atoms with van der Waals surface area (Å²) in [6, 6.07) is 5.64. The highest BCUT2D eigenvalue weighted by atomic mass is 79.9. The lowest BCUT2D eigenvalue weighted by Crippen LogP contribution is -2.07. The molecule has 1 unspecified atom stereocenters. The lowest BCUT2D eigenvalue weighted by atomic mass is 10.0. The molecule has 1 aromatic carbocycles. The average Bonchev–Trinajstić information content (AvgIpc) is 2.16. The number of carbonyl (C=O) groups excluding carboxylic acids is 1. The van der Waals surface area contributed by atoms with Crippen molar-refractivity contribution >= 4 is 43.3 Å². The van der Waals surface area contributed by atoms with Crippen LogP contribution in [0.15, 0.2) is 18.2 Å². The Balaban J connectivity index is 3.23. The number of ketones is 1. The molecule has 1 rings (SSSR count). The number of rotatable bonds is 3. The highest BCUT2D eigenvalue weighted by Crippen LogP contribution is 2.32. The third-order valence-electron chi connectivity index (χ3n) is 1.98. The molecule has 0 spiro atoms. The fourth-order valence-electron chi connectivity index (χ4n) is 1.26. The molecular formula is C10H11Br2NO. The van der Waals surface area contributed by atoms with Crippen LogP contribution in [0.25, 0.3) is 0 Å². The molecule has 4 heteroatoms. The molecule has 2 nitrogen and oxygen atoms in total. The van der Waals surface area contributed by atoms with E-state index in [9.17, 15) is 4.79 Å². The van der Waals surface area contributed by atoms with Crippen LogP contribution in [-0.2, 0) is 10.1 Å². The van der Waals surface area contributed by atoms with Gasteiger partial charge in [-0.25, -0.2) is 0 Å². The van der Waals surface area contributed by atoms with E-state index < -0.39 is 0 Å². The topological polar surface area (TPSA) is 43.1 Å². The van der Waals surface area contributed by atoms with Crippen molar-refractivity contribution in [3.05, 3.63) is 29.3 Å². The highest BCUT2D eigenvalue weighted by Gasteiger charge is 2.18. The van der Waals surface area contributed by atoms with E-state index in [0.29, 0.717) is 11.0 Å². The zero-order valence-electron chi connectivity index (χ0n) is 7.76. The zero-order chi connectivity index (χ0) is 10.7. The van der Waals surface area contributed by atoms with Crippen LogP contribution in [0.1, 0.15) is 22.9 Å².